The van der Waals surface area contributed by atoms with Crippen LogP contribution in [-0.2, 0) is 6.54 Å². The van der Waals surface area contributed by atoms with Crippen molar-refractivity contribution >= 4 is 11.5 Å². The van der Waals surface area contributed by atoms with E-state index in [1.54, 1.807) is 7.11 Å². The predicted octanol–water partition coefficient (Wildman–Crippen LogP) is 3.18. The topological polar surface area (TPSA) is 40.1 Å². The quantitative estimate of drug-likeness (QED) is 0.910. The summed E-state index contributed by atoms with van der Waals surface area (Å²) < 4.78 is 5.37. The zero-order valence-corrected chi connectivity index (χ0v) is 15.8. The Morgan fingerprint density at radius 1 is 1.07 bits per heavy atom. The highest BCUT2D eigenvalue weighted by Gasteiger charge is 2.46. The summed E-state index contributed by atoms with van der Waals surface area (Å²) >= 11 is 0. The van der Waals surface area contributed by atoms with Crippen LogP contribution >= 0.6 is 0 Å². The van der Waals surface area contributed by atoms with E-state index in [1.165, 1.54) is 22.6 Å². The summed E-state index contributed by atoms with van der Waals surface area (Å²) in [6.45, 7) is 5.06. The van der Waals surface area contributed by atoms with E-state index in [-0.39, 0.29) is 5.66 Å². The number of nitrogens with zero attached hydrogens (tertiary/aromatic N) is 3. The molecule has 0 aromatic heterocycles. The molecule has 140 valence electrons. The standard InChI is InChI=1S/C22H26N4O/c1-27-18-6-4-5-17(15-18)16-25-12-9-22(10-13-25)24-20-8-3-2-7-19(20)21-23-11-14-26(21)22/h2-8,15,24H,9-14,16H2,1H3. The maximum absolute atomic E-state index is 5.37. The Morgan fingerprint density at radius 2 is 1.93 bits per heavy atom. The summed E-state index contributed by atoms with van der Waals surface area (Å²) in [6, 6.07) is 17.0. The summed E-state index contributed by atoms with van der Waals surface area (Å²) in [7, 11) is 1.73. The minimum Gasteiger partial charge on any atom is -0.497 e. The number of aliphatic imine (C=N–C) groups is 1. The van der Waals surface area contributed by atoms with E-state index >= 15 is 0 Å². The van der Waals surface area contributed by atoms with Crippen molar-refractivity contribution in [3.63, 3.8) is 0 Å². The van der Waals surface area contributed by atoms with Crippen LogP contribution in [0.4, 0.5) is 5.69 Å². The molecule has 0 aliphatic carbocycles. The van der Waals surface area contributed by atoms with Crippen molar-refractivity contribution < 1.29 is 4.74 Å². The first-order chi connectivity index (χ1) is 13.3. The van der Waals surface area contributed by atoms with Crippen LogP contribution in [0.1, 0.15) is 24.0 Å². The van der Waals surface area contributed by atoms with Gasteiger partial charge in [0.2, 0.25) is 0 Å². The highest BCUT2D eigenvalue weighted by molar-refractivity contribution is 6.06. The SMILES string of the molecule is COc1cccc(CN2CCC3(CC2)Nc2ccccc2C2=NCCN23)c1. The van der Waals surface area contributed by atoms with Crippen molar-refractivity contribution in [2.45, 2.75) is 25.0 Å². The fourth-order valence-electron chi connectivity index (χ4n) is 4.70. The zero-order chi connectivity index (χ0) is 18.3. The number of hydrogen-bond acceptors (Lipinski definition) is 5. The zero-order valence-electron chi connectivity index (χ0n) is 15.8. The van der Waals surface area contributed by atoms with E-state index < -0.39 is 0 Å². The van der Waals surface area contributed by atoms with Crippen molar-refractivity contribution in [1.82, 2.24) is 9.80 Å². The number of para-hydroxylation sites is 1. The number of anilines is 1. The first-order valence-electron chi connectivity index (χ1n) is 9.82. The molecule has 1 fully saturated rings. The third-order valence-electron chi connectivity index (χ3n) is 6.12. The lowest BCUT2D eigenvalue weighted by molar-refractivity contribution is 0.0895. The maximum Gasteiger partial charge on any atom is 0.134 e. The van der Waals surface area contributed by atoms with Gasteiger partial charge in [0, 0.05) is 50.3 Å². The Balaban J connectivity index is 1.33. The van der Waals surface area contributed by atoms with Gasteiger partial charge in [-0.2, -0.15) is 0 Å². The molecule has 0 radical (unpaired) electrons. The van der Waals surface area contributed by atoms with E-state index in [2.05, 4.69) is 57.6 Å². The smallest absolute Gasteiger partial charge is 0.134 e. The van der Waals surface area contributed by atoms with Crippen LogP contribution in [0.5, 0.6) is 5.75 Å². The maximum atomic E-state index is 5.37. The van der Waals surface area contributed by atoms with Crippen molar-refractivity contribution in [2.75, 3.05) is 38.6 Å². The van der Waals surface area contributed by atoms with Gasteiger partial charge < -0.3 is 15.0 Å². The van der Waals surface area contributed by atoms with Crippen LogP contribution in [0.15, 0.2) is 53.5 Å². The molecule has 1 spiro atoms. The van der Waals surface area contributed by atoms with Crippen molar-refractivity contribution in [2.24, 2.45) is 4.99 Å². The molecule has 0 saturated carbocycles. The number of methoxy groups -OCH3 is 1. The first-order valence-corrected chi connectivity index (χ1v) is 9.82. The molecule has 3 aliphatic rings. The molecule has 0 amide bonds. The Hall–Kier alpha value is -2.53. The summed E-state index contributed by atoms with van der Waals surface area (Å²) in [5.41, 5.74) is 3.81. The third kappa shape index (κ3) is 2.86. The minimum absolute atomic E-state index is 0.00850. The number of ether oxygens (including phenoxy) is 1. The Kier molecular flexibility index (Phi) is 4.05. The molecule has 5 nitrogen and oxygen atoms in total. The molecular weight excluding hydrogens is 336 g/mol. The lowest BCUT2D eigenvalue weighted by Gasteiger charge is -2.52. The Labute approximate surface area is 160 Å². The summed E-state index contributed by atoms with van der Waals surface area (Å²) in [6.07, 6.45) is 2.20. The van der Waals surface area contributed by atoms with E-state index in [0.29, 0.717) is 0 Å². The molecule has 3 heterocycles. The Morgan fingerprint density at radius 3 is 2.78 bits per heavy atom. The lowest BCUT2D eigenvalue weighted by atomic mass is 9.90. The Bertz CT molecular complexity index is 870. The average molecular weight is 362 g/mol. The summed E-state index contributed by atoms with van der Waals surface area (Å²) in [4.78, 5) is 9.91. The number of nitrogens with one attached hydrogen (secondary N) is 1. The van der Waals surface area contributed by atoms with Gasteiger partial charge >= 0.3 is 0 Å². The highest BCUT2D eigenvalue weighted by atomic mass is 16.5. The fraction of sp³-hybridized carbons (Fsp3) is 0.409. The van der Waals surface area contributed by atoms with Gasteiger partial charge in [-0.05, 0) is 29.8 Å². The number of benzene rings is 2. The number of hydrogen-bond donors (Lipinski definition) is 1. The monoisotopic (exact) mass is 362 g/mol. The van der Waals surface area contributed by atoms with Gasteiger partial charge in [0.05, 0.1) is 13.7 Å². The molecule has 0 bridgehead atoms. The van der Waals surface area contributed by atoms with Gasteiger partial charge in [0.1, 0.15) is 17.2 Å². The number of amidine groups is 1. The van der Waals surface area contributed by atoms with E-state index in [9.17, 15) is 0 Å². The average Bonchev–Trinajstić information content (AvgIpc) is 3.21. The normalized spacial score (nSPS) is 20.6. The van der Waals surface area contributed by atoms with E-state index in [1.807, 2.05) is 6.07 Å². The largest absolute Gasteiger partial charge is 0.497 e. The van der Waals surface area contributed by atoms with Gasteiger partial charge in [-0.1, -0.05) is 24.3 Å². The molecule has 1 N–H and O–H groups in total. The van der Waals surface area contributed by atoms with Crippen molar-refractivity contribution in [3.05, 3.63) is 59.7 Å². The second-order valence-electron chi connectivity index (χ2n) is 7.69. The van der Waals surface area contributed by atoms with Gasteiger partial charge in [-0.25, -0.2) is 0 Å². The number of likely N-dealkylation sites (tertiary alicyclic amines) is 1. The van der Waals surface area contributed by atoms with Gasteiger partial charge in [0.25, 0.3) is 0 Å². The molecule has 0 unspecified atom stereocenters. The van der Waals surface area contributed by atoms with Crippen LogP contribution in [0.25, 0.3) is 0 Å². The highest BCUT2D eigenvalue weighted by Crippen LogP contribution is 2.39. The van der Waals surface area contributed by atoms with Gasteiger partial charge in [0.15, 0.2) is 0 Å². The first kappa shape index (κ1) is 16.6. The second-order valence-corrected chi connectivity index (χ2v) is 7.69. The predicted molar refractivity (Wildman–Crippen MR) is 108 cm³/mol. The van der Waals surface area contributed by atoms with Crippen LogP contribution < -0.4 is 10.1 Å². The molecule has 1 saturated heterocycles. The van der Waals surface area contributed by atoms with Crippen molar-refractivity contribution in [3.8, 4) is 5.75 Å². The lowest BCUT2D eigenvalue weighted by Crippen LogP contribution is -2.63. The van der Waals surface area contributed by atoms with Gasteiger partial charge in [-0.15, -0.1) is 0 Å². The number of rotatable bonds is 3. The molecule has 0 atom stereocenters. The third-order valence-corrected chi connectivity index (χ3v) is 6.12. The molecule has 2 aromatic rings. The fourth-order valence-corrected chi connectivity index (χ4v) is 4.70. The molecule has 3 aliphatic heterocycles. The van der Waals surface area contributed by atoms with Gasteiger partial charge in [-0.3, -0.25) is 9.89 Å². The molecule has 2 aromatic carbocycles. The molecule has 5 rings (SSSR count). The molecular formula is C22H26N4O. The van der Waals surface area contributed by atoms with Crippen LogP contribution in [0, 0.1) is 0 Å². The summed E-state index contributed by atoms with van der Waals surface area (Å²) in [5, 5.41) is 3.88. The van der Waals surface area contributed by atoms with E-state index in [0.717, 1.165) is 51.3 Å². The van der Waals surface area contributed by atoms with Crippen LogP contribution in [-0.4, -0.2) is 54.6 Å². The van der Waals surface area contributed by atoms with Crippen LogP contribution in [0.2, 0.25) is 0 Å². The minimum atomic E-state index is 0.00850. The molecule has 27 heavy (non-hydrogen) atoms. The summed E-state index contributed by atoms with van der Waals surface area (Å²) in [5.74, 6) is 2.12. The number of fused-ring (bicyclic) bond motifs is 4. The van der Waals surface area contributed by atoms with E-state index in [4.69, 9.17) is 9.73 Å². The molecule has 5 heteroatoms. The van der Waals surface area contributed by atoms with Crippen molar-refractivity contribution in [1.29, 1.82) is 0 Å². The van der Waals surface area contributed by atoms with Crippen LogP contribution in [0.3, 0.4) is 0 Å². The number of piperidine rings is 1. The second kappa shape index (κ2) is 6.57.